The van der Waals surface area contributed by atoms with E-state index in [1.54, 1.807) is 24.1 Å². The van der Waals surface area contributed by atoms with Gasteiger partial charge in [-0.1, -0.05) is 30.0 Å². The number of rotatable bonds is 6. The molecule has 12 heteroatoms. The molecule has 0 saturated carbocycles. The summed E-state index contributed by atoms with van der Waals surface area (Å²) in [6.45, 7) is 8.08. The first-order chi connectivity index (χ1) is 17.1. The number of aromatic nitrogens is 2. The number of carbonyl (C=O) groups excluding carboxylic acids is 3. The molecule has 190 valence electrons. The maximum Gasteiger partial charge on any atom is 0.308 e. The molecule has 2 aliphatic heterocycles. The van der Waals surface area contributed by atoms with Crippen LogP contribution in [-0.4, -0.2) is 68.2 Å². The van der Waals surface area contributed by atoms with E-state index in [2.05, 4.69) is 5.32 Å². The van der Waals surface area contributed by atoms with Crippen LogP contribution in [0.3, 0.4) is 0 Å². The normalized spacial score (nSPS) is 19.5. The lowest BCUT2D eigenvalue weighted by atomic mass is 10.1. The molecule has 4 rings (SSSR count). The van der Waals surface area contributed by atoms with E-state index in [0.717, 1.165) is 17.3 Å². The Morgan fingerprint density at radius 1 is 1.33 bits per heavy atom. The zero-order chi connectivity index (χ0) is 26.1. The van der Waals surface area contributed by atoms with Gasteiger partial charge in [0.15, 0.2) is 0 Å². The summed E-state index contributed by atoms with van der Waals surface area (Å²) in [5, 5.41) is 2.77. The third-order valence-corrected chi connectivity index (χ3v) is 7.20. The van der Waals surface area contributed by atoms with Crippen molar-refractivity contribution >= 4 is 63.6 Å². The van der Waals surface area contributed by atoms with E-state index in [4.69, 9.17) is 21.9 Å². The average molecular weight is 530 g/mol. The number of hydrogen-bond donors (Lipinski definition) is 1. The molecule has 1 N–H and O–H groups in total. The molecular formula is C24H27N5O5S2. The van der Waals surface area contributed by atoms with Gasteiger partial charge in [0.2, 0.25) is 5.91 Å². The van der Waals surface area contributed by atoms with Gasteiger partial charge in [-0.15, -0.1) is 0 Å². The minimum absolute atomic E-state index is 0.138. The summed E-state index contributed by atoms with van der Waals surface area (Å²) in [6, 6.07) is 2.49. The molecule has 2 fully saturated rings. The van der Waals surface area contributed by atoms with Gasteiger partial charge in [0.25, 0.3) is 11.5 Å². The van der Waals surface area contributed by atoms with E-state index in [1.807, 2.05) is 26.8 Å². The number of piperazine rings is 1. The molecule has 2 aliphatic rings. The molecule has 2 aromatic rings. The number of nitrogens with zero attached hydrogens (tertiary/aromatic N) is 4. The van der Waals surface area contributed by atoms with Crippen molar-refractivity contribution in [1.82, 2.24) is 19.6 Å². The van der Waals surface area contributed by atoms with Gasteiger partial charge in [0, 0.05) is 25.3 Å². The largest absolute Gasteiger partial charge is 0.466 e. The summed E-state index contributed by atoms with van der Waals surface area (Å²) in [5.41, 5.74) is 0.988. The number of amides is 2. The third kappa shape index (κ3) is 4.87. The van der Waals surface area contributed by atoms with Crippen molar-refractivity contribution in [2.75, 3.05) is 24.6 Å². The fourth-order valence-electron chi connectivity index (χ4n) is 4.20. The molecule has 0 radical (unpaired) electrons. The summed E-state index contributed by atoms with van der Waals surface area (Å²) < 4.78 is 6.89. The van der Waals surface area contributed by atoms with Crippen LogP contribution in [0.4, 0.5) is 5.82 Å². The van der Waals surface area contributed by atoms with Crippen LogP contribution in [0.1, 0.15) is 38.3 Å². The molecule has 0 bridgehead atoms. The Morgan fingerprint density at radius 3 is 2.75 bits per heavy atom. The maximum atomic E-state index is 13.7. The van der Waals surface area contributed by atoms with E-state index in [1.165, 1.54) is 15.4 Å². The van der Waals surface area contributed by atoms with E-state index in [0.29, 0.717) is 28.0 Å². The number of thiocarbonyl (C=S) groups is 1. The Kier molecular flexibility index (Phi) is 7.46. The summed E-state index contributed by atoms with van der Waals surface area (Å²) in [6.07, 6.45) is 2.96. The zero-order valence-electron chi connectivity index (χ0n) is 20.4. The smallest absolute Gasteiger partial charge is 0.308 e. The SMILES string of the molecule is CCOC(=O)C[C@@H]1C(=O)NCCN1c1nc2ccc(C)cn2c(=O)c1/C=C1\SC(=S)N(C(C)C)C1=O. The van der Waals surface area contributed by atoms with Crippen molar-refractivity contribution in [2.45, 2.75) is 46.2 Å². The monoisotopic (exact) mass is 529 g/mol. The van der Waals surface area contributed by atoms with E-state index in [9.17, 15) is 19.2 Å². The van der Waals surface area contributed by atoms with Crippen LogP contribution in [0.15, 0.2) is 28.0 Å². The van der Waals surface area contributed by atoms with Crippen LogP contribution in [0.25, 0.3) is 11.7 Å². The van der Waals surface area contributed by atoms with Crippen LogP contribution in [0.2, 0.25) is 0 Å². The zero-order valence-corrected chi connectivity index (χ0v) is 22.1. The van der Waals surface area contributed by atoms with Crippen molar-refractivity contribution in [1.29, 1.82) is 0 Å². The van der Waals surface area contributed by atoms with Crippen molar-refractivity contribution in [3.05, 3.63) is 44.7 Å². The minimum Gasteiger partial charge on any atom is -0.466 e. The van der Waals surface area contributed by atoms with Crippen molar-refractivity contribution < 1.29 is 19.1 Å². The lowest BCUT2D eigenvalue weighted by Crippen LogP contribution is -2.57. The predicted molar refractivity (Wildman–Crippen MR) is 142 cm³/mol. The van der Waals surface area contributed by atoms with Crippen LogP contribution >= 0.6 is 24.0 Å². The Balaban J connectivity index is 1.90. The number of pyridine rings is 1. The second-order valence-corrected chi connectivity index (χ2v) is 10.4. The van der Waals surface area contributed by atoms with Gasteiger partial charge >= 0.3 is 5.97 Å². The quantitative estimate of drug-likeness (QED) is 0.340. The molecule has 2 amide bonds. The highest BCUT2D eigenvalue weighted by Crippen LogP contribution is 2.35. The Morgan fingerprint density at radius 2 is 2.08 bits per heavy atom. The van der Waals surface area contributed by atoms with Crippen molar-refractivity contribution in [2.24, 2.45) is 0 Å². The third-order valence-electron chi connectivity index (χ3n) is 5.87. The fourth-order valence-corrected chi connectivity index (χ4v) is 5.70. The van der Waals surface area contributed by atoms with E-state index < -0.39 is 17.6 Å². The van der Waals surface area contributed by atoms with Gasteiger partial charge in [-0.25, -0.2) is 4.98 Å². The second kappa shape index (κ2) is 10.4. The van der Waals surface area contributed by atoms with E-state index in [-0.39, 0.29) is 42.3 Å². The topological polar surface area (TPSA) is 113 Å². The lowest BCUT2D eigenvalue weighted by molar-refractivity contribution is -0.145. The summed E-state index contributed by atoms with van der Waals surface area (Å²) in [4.78, 5) is 60.1. The van der Waals surface area contributed by atoms with Gasteiger partial charge in [-0.3, -0.25) is 28.5 Å². The van der Waals surface area contributed by atoms with Crippen LogP contribution in [0.5, 0.6) is 0 Å². The van der Waals surface area contributed by atoms with Gasteiger partial charge in [0.05, 0.1) is 23.5 Å². The number of carbonyl (C=O) groups is 3. The molecule has 2 aromatic heterocycles. The van der Waals surface area contributed by atoms with Crippen LogP contribution in [-0.2, 0) is 19.1 Å². The molecule has 0 aliphatic carbocycles. The first-order valence-electron chi connectivity index (χ1n) is 11.6. The summed E-state index contributed by atoms with van der Waals surface area (Å²) in [7, 11) is 0. The molecule has 1 atom stereocenters. The number of anilines is 1. The molecule has 10 nitrogen and oxygen atoms in total. The number of nitrogens with one attached hydrogen (secondary N) is 1. The number of hydrogen-bond acceptors (Lipinski definition) is 9. The van der Waals surface area contributed by atoms with Crippen molar-refractivity contribution in [3.63, 3.8) is 0 Å². The molecule has 0 unspecified atom stereocenters. The highest BCUT2D eigenvalue weighted by molar-refractivity contribution is 8.26. The highest BCUT2D eigenvalue weighted by atomic mass is 32.2. The van der Waals surface area contributed by atoms with Gasteiger partial charge in [-0.2, -0.15) is 0 Å². The van der Waals surface area contributed by atoms with Crippen LogP contribution in [0, 0.1) is 6.92 Å². The molecular weight excluding hydrogens is 502 g/mol. The van der Waals surface area contributed by atoms with E-state index >= 15 is 0 Å². The highest BCUT2D eigenvalue weighted by Gasteiger charge is 2.37. The fraction of sp³-hybridized carbons (Fsp3) is 0.417. The summed E-state index contributed by atoms with van der Waals surface area (Å²) in [5.74, 6) is -0.962. The second-order valence-electron chi connectivity index (χ2n) is 8.74. The Bertz CT molecular complexity index is 1350. The van der Waals surface area contributed by atoms with Crippen molar-refractivity contribution in [3.8, 4) is 0 Å². The number of ether oxygens (including phenoxy) is 1. The molecule has 4 heterocycles. The minimum atomic E-state index is -0.921. The Hall–Kier alpha value is -3.25. The summed E-state index contributed by atoms with van der Waals surface area (Å²) >= 11 is 6.51. The molecule has 0 spiro atoms. The maximum absolute atomic E-state index is 13.7. The standard InChI is InChI=1S/C24H27N5O5S2/c1-5-34-19(30)11-16-21(31)25-8-9-27(16)20-15(10-17-23(33)29(13(2)3)24(35)36-17)22(32)28-12-14(4)6-7-18(28)26-20/h6-7,10,12-13,16H,5,8-9,11H2,1-4H3,(H,25,31)/b17-10-/t16-/m1/s1. The lowest BCUT2D eigenvalue weighted by Gasteiger charge is -2.36. The predicted octanol–water partition coefficient (Wildman–Crippen LogP) is 1.87. The first-order valence-corrected chi connectivity index (χ1v) is 12.8. The first kappa shape index (κ1) is 25.8. The van der Waals surface area contributed by atoms with Gasteiger partial charge in [0.1, 0.15) is 21.8 Å². The Labute approximate surface area is 217 Å². The number of esters is 1. The molecule has 0 aromatic carbocycles. The molecule has 36 heavy (non-hydrogen) atoms. The molecule has 2 saturated heterocycles. The van der Waals surface area contributed by atoms with Crippen LogP contribution < -0.4 is 15.8 Å². The van der Waals surface area contributed by atoms with Gasteiger partial charge < -0.3 is 15.0 Å². The average Bonchev–Trinajstić information content (AvgIpc) is 3.10. The number of thioether (sulfide) groups is 1. The van der Waals surface area contributed by atoms with Gasteiger partial charge in [-0.05, 0) is 45.4 Å². The number of aryl methyl sites for hydroxylation is 1. The number of fused-ring (bicyclic) bond motifs is 1.